The number of ether oxygens (including phenoxy) is 1. The van der Waals surface area contributed by atoms with E-state index in [2.05, 4.69) is 11.9 Å². The van der Waals surface area contributed by atoms with Crippen LogP contribution in [0.1, 0.15) is 37.2 Å². The van der Waals surface area contributed by atoms with E-state index >= 15 is 0 Å². The number of allylic oxidation sites excluding steroid dienone is 2. The summed E-state index contributed by atoms with van der Waals surface area (Å²) in [4.78, 5) is 39.1. The zero-order valence-electron chi connectivity index (χ0n) is 16.5. The third kappa shape index (κ3) is 2.44. The molecular weight excluding hydrogens is 354 g/mol. The maximum Gasteiger partial charge on any atom is 0.319 e. The number of hydrogen-bond donors (Lipinski definition) is 0. The number of esters is 1. The fraction of sp³-hybridized carbons (Fsp3) is 0.409. The van der Waals surface area contributed by atoms with Crippen molar-refractivity contribution in [1.29, 1.82) is 0 Å². The SMILES string of the molecule is COC(=O)[C@@]1(C)C(=O)C=C[C@@]2(C)c3nc(-c4ccncc4)nc(C)c3CC[C@H]12. The summed E-state index contributed by atoms with van der Waals surface area (Å²) < 4.78 is 5.03. The van der Waals surface area contributed by atoms with Crippen LogP contribution in [0.2, 0.25) is 0 Å². The third-order valence-corrected chi connectivity index (χ3v) is 6.47. The molecule has 0 amide bonds. The van der Waals surface area contributed by atoms with Gasteiger partial charge in [0.05, 0.1) is 12.8 Å². The molecule has 0 bridgehead atoms. The Balaban J connectivity index is 1.92. The molecule has 0 spiro atoms. The van der Waals surface area contributed by atoms with Crippen molar-refractivity contribution in [3.63, 3.8) is 0 Å². The average Bonchev–Trinajstić information content (AvgIpc) is 2.71. The Morgan fingerprint density at radius 2 is 1.93 bits per heavy atom. The molecule has 2 heterocycles. The number of hydrogen-bond acceptors (Lipinski definition) is 6. The summed E-state index contributed by atoms with van der Waals surface area (Å²) in [6.45, 7) is 5.76. The quantitative estimate of drug-likeness (QED) is 0.591. The van der Waals surface area contributed by atoms with E-state index in [0.29, 0.717) is 12.2 Å². The van der Waals surface area contributed by atoms with Gasteiger partial charge in [-0.3, -0.25) is 14.6 Å². The van der Waals surface area contributed by atoms with E-state index < -0.39 is 16.8 Å². The highest BCUT2D eigenvalue weighted by molar-refractivity contribution is 6.10. The molecule has 4 rings (SSSR count). The number of carbonyl (C=O) groups excluding carboxylic acids is 2. The van der Waals surface area contributed by atoms with Crippen LogP contribution in [0, 0.1) is 18.3 Å². The molecule has 0 N–H and O–H groups in total. The molecule has 2 aromatic rings. The molecular formula is C22H23N3O3. The summed E-state index contributed by atoms with van der Waals surface area (Å²) in [6.07, 6.45) is 8.28. The molecule has 0 saturated carbocycles. The van der Waals surface area contributed by atoms with E-state index in [4.69, 9.17) is 14.7 Å². The second-order valence-corrected chi connectivity index (χ2v) is 7.96. The van der Waals surface area contributed by atoms with Crippen molar-refractivity contribution >= 4 is 11.8 Å². The molecule has 2 aliphatic rings. The van der Waals surface area contributed by atoms with Gasteiger partial charge in [0.2, 0.25) is 0 Å². The molecule has 0 aromatic carbocycles. The Hall–Kier alpha value is -2.89. The molecule has 6 heteroatoms. The Bertz CT molecular complexity index is 1000. The normalized spacial score (nSPS) is 28.4. The number of rotatable bonds is 2. The van der Waals surface area contributed by atoms with Gasteiger partial charge in [0.25, 0.3) is 0 Å². The van der Waals surface area contributed by atoms with Crippen molar-refractivity contribution in [3.8, 4) is 11.4 Å². The largest absolute Gasteiger partial charge is 0.468 e. The van der Waals surface area contributed by atoms with Crippen molar-refractivity contribution in [2.24, 2.45) is 11.3 Å². The fourth-order valence-corrected chi connectivity index (χ4v) is 4.86. The van der Waals surface area contributed by atoms with Crippen LogP contribution in [0.3, 0.4) is 0 Å². The van der Waals surface area contributed by atoms with E-state index in [1.165, 1.54) is 13.2 Å². The first kappa shape index (κ1) is 18.5. The van der Waals surface area contributed by atoms with Crippen LogP contribution in [-0.2, 0) is 26.2 Å². The zero-order chi connectivity index (χ0) is 20.1. The first-order valence-electron chi connectivity index (χ1n) is 9.43. The van der Waals surface area contributed by atoms with Crippen LogP contribution in [-0.4, -0.2) is 33.8 Å². The third-order valence-electron chi connectivity index (χ3n) is 6.47. The molecule has 144 valence electrons. The van der Waals surface area contributed by atoms with Crippen molar-refractivity contribution in [2.45, 2.75) is 39.0 Å². The van der Waals surface area contributed by atoms with E-state index in [1.54, 1.807) is 19.3 Å². The predicted molar refractivity (Wildman–Crippen MR) is 103 cm³/mol. The minimum absolute atomic E-state index is 0.203. The van der Waals surface area contributed by atoms with Gasteiger partial charge >= 0.3 is 5.97 Å². The summed E-state index contributed by atoms with van der Waals surface area (Å²) in [5, 5.41) is 0. The summed E-state index contributed by atoms with van der Waals surface area (Å²) in [7, 11) is 1.33. The minimum atomic E-state index is -1.22. The highest BCUT2D eigenvalue weighted by atomic mass is 16.5. The van der Waals surface area contributed by atoms with E-state index in [1.807, 2.05) is 25.1 Å². The number of pyridine rings is 1. The molecule has 0 radical (unpaired) electrons. The van der Waals surface area contributed by atoms with E-state index in [0.717, 1.165) is 28.9 Å². The molecule has 0 aliphatic heterocycles. The standard InChI is InChI=1S/C22H23N3O3/c1-13-15-5-6-16-21(2,10-7-17(26)22(16,3)20(27)28-4)18(15)25-19(24-13)14-8-11-23-12-9-14/h7-12,16H,5-6H2,1-4H3/t16-,21+,22+/m0/s1. The summed E-state index contributed by atoms with van der Waals surface area (Å²) in [5.41, 5.74) is 2.04. The smallest absolute Gasteiger partial charge is 0.319 e. The average molecular weight is 377 g/mol. The number of aryl methyl sites for hydroxylation is 1. The van der Waals surface area contributed by atoms with Crippen molar-refractivity contribution in [2.75, 3.05) is 7.11 Å². The van der Waals surface area contributed by atoms with Crippen LogP contribution in [0.4, 0.5) is 0 Å². The van der Waals surface area contributed by atoms with Gasteiger partial charge < -0.3 is 4.74 Å². The monoisotopic (exact) mass is 377 g/mol. The fourth-order valence-electron chi connectivity index (χ4n) is 4.86. The van der Waals surface area contributed by atoms with E-state index in [9.17, 15) is 9.59 Å². The molecule has 2 aromatic heterocycles. The summed E-state index contributed by atoms with van der Waals surface area (Å²) in [5.74, 6) is -0.283. The zero-order valence-corrected chi connectivity index (χ0v) is 16.5. The summed E-state index contributed by atoms with van der Waals surface area (Å²) >= 11 is 0. The minimum Gasteiger partial charge on any atom is -0.468 e. The Morgan fingerprint density at radius 1 is 1.21 bits per heavy atom. The first-order chi connectivity index (χ1) is 13.3. The number of aromatic nitrogens is 3. The molecule has 6 nitrogen and oxygen atoms in total. The van der Waals surface area contributed by atoms with Gasteiger partial charge in [-0.1, -0.05) is 13.0 Å². The van der Waals surface area contributed by atoms with Crippen LogP contribution < -0.4 is 0 Å². The number of ketones is 1. The van der Waals surface area contributed by atoms with Crippen molar-refractivity contribution in [3.05, 3.63) is 53.6 Å². The molecule has 0 unspecified atom stereocenters. The van der Waals surface area contributed by atoms with E-state index in [-0.39, 0.29) is 11.7 Å². The lowest BCUT2D eigenvalue weighted by Gasteiger charge is -2.49. The molecule has 0 fully saturated rings. The highest BCUT2D eigenvalue weighted by Crippen LogP contribution is 2.53. The Kier molecular flexibility index (Phi) is 4.17. The van der Waals surface area contributed by atoms with Gasteiger partial charge in [0, 0.05) is 29.1 Å². The number of nitrogens with zero attached hydrogens (tertiary/aromatic N) is 3. The van der Waals surface area contributed by atoms with Gasteiger partial charge in [-0.25, -0.2) is 9.97 Å². The lowest BCUT2D eigenvalue weighted by Crippen LogP contribution is -2.55. The lowest BCUT2D eigenvalue weighted by molar-refractivity contribution is -0.162. The predicted octanol–water partition coefficient (Wildman–Crippen LogP) is 2.99. The van der Waals surface area contributed by atoms with Gasteiger partial charge in [-0.15, -0.1) is 0 Å². The van der Waals surface area contributed by atoms with Gasteiger partial charge in [0.15, 0.2) is 11.6 Å². The van der Waals surface area contributed by atoms with Crippen LogP contribution >= 0.6 is 0 Å². The number of carbonyl (C=O) groups is 2. The summed E-state index contributed by atoms with van der Waals surface area (Å²) in [6, 6.07) is 3.76. The number of fused-ring (bicyclic) bond motifs is 3. The van der Waals surface area contributed by atoms with Gasteiger partial charge in [-0.05, 0) is 56.4 Å². The maximum absolute atomic E-state index is 12.8. The van der Waals surface area contributed by atoms with Crippen LogP contribution in [0.5, 0.6) is 0 Å². The van der Waals surface area contributed by atoms with Crippen LogP contribution in [0.25, 0.3) is 11.4 Å². The Labute approximate surface area is 164 Å². The Morgan fingerprint density at radius 3 is 2.61 bits per heavy atom. The number of methoxy groups -OCH3 is 1. The topological polar surface area (TPSA) is 82.0 Å². The second-order valence-electron chi connectivity index (χ2n) is 7.96. The first-order valence-corrected chi connectivity index (χ1v) is 9.43. The molecule has 2 aliphatic carbocycles. The molecule has 3 atom stereocenters. The lowest BCUT2D eigenvalue weighted by atomic mass is 9.53. The van der Waals surface area contributed by atoms with Crippen LogP contribution in [0.15, 0.2) is 36.7 Å². The van der Waals surface area contributed by atoms with Crippen molar-refractivity contribution in [1.82, 2.24) is 15.0 Å². The van der Waals surface area contributed by atoms with Gasteiger partial charge in [-0.2, -0.15) is 0 Å². The molecule has 0 saturated heterocycles. The van der Waals surface area contributed by atoms with Crippen molar-refractivity contribution < 1.29 is 14.3 Å². The molecule has 28 heavy (non-hydrogen) atoms. The maximum atomic E-state index is 12.8. The second kappa shape index (κ2) is 6.33. The van der Waals surface area contributed by atoms with Gasteiger partial charge in [0.1, 0.15) is 5.41 Å². The highest BCUT2D eigenvalue weighted by Gasteiger charge is 2.59.